The van der Waals surface area contributed by atoms with Gasteiger partial charge in [-0.05, 0) is 65.7 Å². The average Bonchev–Trinajstić information content (AvgIpc) is 2.90. The number of nitrogens with one attached hydrogen (secondary N) is 1. The second-order valence-electron chi connectivity index (χ2n) is 8.02. The molecule has 3 N–H and O–H groups in total. The highest BCUT2D eigenvalue weighted by Crippen LogP contribution is 2.37. The third-order valence-electron chi connectivity index (χ3n) is 5.73. The Morgan fingerprint density at radius 1 is 0.914 bits per heavy atom. The highest BCUT2D eigenvalue weighted by Gasteiger charge is 2.28. The molecule has 0 unspecified atom stereocenters. The molecule has 0 bridgehead atoms. The summed E-state index contributed by atoms with van der Waals surface area (Å²) in [7, 11) is 0. The Morgan fingerprint density at radius 2 is 1.60 bits per heavy atom. The van der Waals surface area contributed by atoms with Crippen LogP contribution in [0.4, 0.5) is 10.1 Å². The Bertz CT molecular complexity index is 1410. The van der Waals surface area contributed by atoms with Crippen molar-refractivity contribution in [3.8, 4) is 39.4 Å². The number of benzene rings is 3. The Morgan fingerprint density at radius 3 is 2.31 bits per heavy atom. The maximum absolute atomic E-state index is 13.5. The number of aromatic nitrogens is 1. The molecule has 4 aromatic rings. The van der Waals surface area contributed by atoms with Gasteiger partial charge in [-0.25, -0.2) is 15.2 Å². The second kappa shape index (κ2) is 9.36. The maximum Gasteiger partial charge on any atom is 0.265 e. The van der Waals surface area contributed by atoms with Crippen LogP contribution in [0.15, 0.2) is 84.9 Å². The molecular formula is C27H21FN4O3. The van der Waals surface area contributed by atoms with E-state index in [2.05, 4.69) is 5.43 Å². The molecule has 3 aromatic carbocycles. The Labute approximate surface area is 200 Å². The number of amides is 2. The lowest BCUT2D eigenvalue weighted by Gasteiger charge is -2.29. The fourth-order valence-corrected chi connectivity index (χ4v) is 3.97. The number of hydrazine groups is 1. The van der Waals surface area contributed by atoms with Gasteiger partial charge in [0.2, 0.25) is 0 Å². The minimum atomic E-state index is -0.501. The van der Waals surface area contributed by atoms with Crippen LogP contribution in [0, 0.1) is 5.82 Å². The van der Waals surface area contributed by atoms with E-state index in [-0.39, 0.29) is 24.9 Å². The fraction of sp³-hybridized carbons (Fsp3) is 0.0741. The average molecular weight is 468 g/mol. The van der Waals surface area contributed by atoms with Gasteiger partial charge < -0.3 is 4.74 Å². The van der Waals surface area contributed by atoms with Crippen molar-refractivity contribution < 1.29 is 18.7 Å². The molecular weight excluding hydrogens is 447 g/mol. The topological polar surface area (TPSA) is 97.6 Å². The molecule has 0 aliphatic carbocycles. The predicted octanol–water partition coefficient (Wildman–Crippen LogP) is 3.94. The molecule has 2 heterocycles. The monoisotopic (exact) mass is 468 g/mol. The molecule has 1 aliphatic heterocycles. The number of rotatable bonds is 5. The first-order chi connectivity index (χ1) is 17.0. The number of ether oxygens (including phenoxy) is 1. The molecule has 5 rings (SSSR count). The Kier molecular flexibility index (Phi) is 5.95. The van der Waals surface area contributed by atoms with Gasteiger partial charge in [-0.1, -0.05) is 30.3 Å². The van der Waals surface area contributed by atoms with E-state index in [0.717, 1.165) is 22.3 Å². The van der Waals surface area contributed by atoms with Gasteiger partial charge >= 0.3 is 0 Å². The van der Waals surface area contributed by atoms with Crippen molar-refractivity contribution in [2.45, 2.75) is 0 Å². The summed E-state index contributed by atoms with van der Waals surface area (Å²) in [6.45, 7) is -0.395. The lowest BCUT2D eigenvalue weighted by atomic mass is 9.99. The van der Waals surface area contributed by atoms with Gasteiger partial charge in [0.25, 0.3) is 11.8 Å². The van der Waals surface area contributed by atoms with E-state index in [0.29, 0.717) is 22.8 Å². The molecule has 0 fully saturated rings. The molecule has 0 radical (unpaired) electrons. The maximum atomic E-state index is 13.5. The number of hydrogen-bond acceptors (Lipinski definition) is 5. The summed E-state index contributed by atoms with van der Waals surface area (Å²) >= 11 is 0. The third-order valence-corrected chi connectivity index (χ3v) is 5.73. The highest BCUT2D eigenvalue weighted by molar-refractivity contribution is 6.02. The Balaban J connectivity index is 1.64. The van der Waals surface area contributed by atoms with Crippen molar-refractivity contribution in [3.05, 3.63) is 90.7 Å². The SMILES string of the molecule is NNC(=O)CN1C(=O)COc2ccc(-c3cc(-c4ccccc4)cc(-c4ccc(F)cc4)n3)cc21. The normalized spacial score (nSPS) is 12.6. The third kappa shape index (κ3) is 4.60. The highest BCUT2D eigenvalue weighted by atomic mass is 19.1. The number of nitrogens with two attached hydrogens (primary N) is 1. The summed E-state index contributed by atoms with van der Waals surface area (Å²) in [4.78, 5) is 30.6. The second-order valence-corrected chi connectivity index (χ2v) is 8.02. The fourth-order valence-electron chi connectivity index (χ4n) is 3.97. The van der Waals surface area contributed by atoms with Gasteiger partial charge in [0.1, 0.15) is 18.1 Å². The standard InChI is InChI=1S/C27H21FN4O3/c28-21-9-6-18(7-10-21)22-12-20(17-4-2-1-3-5-17)13-23(30-22)19-8-11-25-24(14-19)32(15-26(33)31-29)27(34)16-35-25/h1-14H,15-16,29H2,(H,31,33). The summed E-state index contributed by atoms with van der Waals surface area (Å²) in [5.74, 6) is 4.53. The van der Waals surface area contributed by atoms with Crippen LogP contribution in [-0.4, -0.2) is 29.9 Å². The van der Waals surface area contributed by atoms with Gasteiger partial charge in [-0.15, -0.1) is 0 Å². The zero-order chi connectivity index (χ0) is 24.4. The van der Waals surface area contributed by atoms with E-state index in [1.165, 1.54) is 17.0 Å². The molecule has 1 aliphatic rings. The number of pyridine rings is 1. The molecule has 8 heteroatoms. The largest absolute Gasteiger partial charge is 0.482 e. The van der Waals surface area contributed by atoms with E-state index in [4.69, 9.17) is 15.6 Å². The molecule has 2 amide bonds. The van der Waals surface area contributed by atoms with E-state index in [9.17, 15) is 14.0 Å². The first-order valence-electron chi connectivity index (χ1n) is 10.9. The number of anilines is 1. The minimum absolute atomic E-state index is 0.166. The van der Waals surface area contributed by atoms with Gasteiger partial charge in [-0.3, -0.25) is 19.9 Å². The number of carbonyl (C=O) groups is 2. The van der Waals surface area contributed by atoms with Crippen LogP contribution >= 0.6 is 0 Å². The van der Waals surface area contributed by atoms with Crippen molar-refractivity contribution in [1.82, 2.24) is 10.4 Å². The lowest BCUT2D eigenvalue weighted by molar-refractivity contribution is -0.125. The first kappa shape index (κ1) is 22.2. The molecule has 1 aromatic heterocycles. The number of fused-ring (bicyclic) bond motifs is 1. The quantitative estimate of drug-likeness (QED) is 0.263. The number of halogens is 1. The van der Waals surface area contributed by atoms with Crippen LogP contribution in [0.2, 0.25) is 0 Å². The molecule has 0 saturated carbocycles. The van der Waals surface area contributed by atoms with Gasteiger partial charge in [-0.2, -0.15) is 0 Å². The van der Waals surface area contributed by atoms with Crippen LogP contribution < -0.4 is 20.9 Å². The van der Waals surface area contributed by atoms with E-state index >= 15 is 0 Å². The summed E-state index contributed by atoms with van der Waals surface area (Å²) in [5.41, 5.74) is 7.25. The van der Waals surface area contributed by atoms with E-state index in [1.807, 2.05) is 48.5 Å². The molecule has 7 nitrogen and oxygen atoms in total. The first-order valence-corrected chi connectivity index (χ1v) is 10.9. The number of hydrogen-bond donors (Lipinski definition) is 2. The lowest BCUT2D eigenvalue weighted by Crippen LogP contribution is -2.46. The summed E-state index contributed by atoms with van der Waals surface area (Å²) < 4.78 is 19.1. The zero-order valence-corrected chi connectivity index (χ0v) is 18.6. The van der Waals surface area contributed by atoms with Crippen LogP contribution in [0.3, 0.4) is 0 Å². The van der Waals surface area contributed by atoms with E-state index < -0.39 is 5.91 Å². The summed E-state index contributed by atoms with van der Waals surface area (Å²) in [6.07, 6.45) is 0. The molecule has 174 valence electrons. The van der Waals surface area contributed by atoms with Crippen LogP contribution in [-0.2, 0) is 9.59 Å². The van der Waals surface area contributed by atoms with Crippen molar-refractivity contribution in [2.75, 3.05) is 18.1 Å². The molecule has 0 spiro atoms. The van der Waals surface area contributed by atoms with Crippen molar-refractivity contribution in [2.24, 2.45) is 5.84 Å². The number of nitrogens with zero attached hydrogens (tertiary/aromatic N) is 2. The van der Waals surface area contributed by atoms with Crippen LogP contribution in [0.25, 0.3) is 33.6 Å². The minimum Gasteiger partial charge on any atom is -0.482 e. The Hall–Kier alpha value is -4.56. The van der Waals surface area contributed by atoms with Crippen molar-refractivity contribution in [1.29, 1.82) is 0 Å². The molecule has 0 atom stereocenters. The van der Waals surface area contributed by atoms with Crippen molar-refractivity contribution in [3.63, 3.8) is 0 Å². The van der Waals surface area contributed by atoms with E-state index in [1.54, 1.807) is 24.3 Å². The molecule has 0 saturated heterocycles. The molecule has 35 heavy (non-hydrogen) atoms. The summed E-state index contributed by atoms with van der Waals surface area (Å²) in [6, 6.07) is 25.3. The van der Waals surface area contributed by atoms with Gasteiger partial charge in [0.05, 0.1) is 17.1 Å². The number of carbonyl (C=O) groups excluding carboxylic acids is 2. The van der Waals surface area contributed by atoms with Gasteiger partial charge in [0, 0.05) is 11.1 Å². The predicted molar refractivity (Wildman–Crippen MR) is 131 cm³/mol. The van der Waals surface area contributed by atoms with Crippen molar-refractivity contribution >= 4 is 17.5 Å². The van der Waals surface area contributed by atoms with Gasteiger partial charge in [0.15, 0.2) is 6.61 Å². The zero-order valence-electron chi connectivity index (χ0n) is 18.6. The smallest absolute Gasteiger partial charge is 0.265 e. The summed E-state index contributed by atoms with van der Waals surface area (Å²) in [5, 5.41) is 0. The van der Waals surface area contributed by atoms with Crippen LogP contribution in [0.5, 0.6) is 5.75 Å². The van der Waals surface area contributed by atoms with Crippen LogP contribution in [0.1, 0.15) is 0 Å².